The topological polar surface area (TPSA) is 90.7 Å². The quantitative estimate of drug-likeness (QED) is 0.808. The van der Waals surface area contributed by atoms with Crippen LogP contribution in [-0.2, 0) is 4.79 Å². The van der Waals surface area contributed by atoms with Crippen LogP contribution >= 0.6 is 0 Å². The number of carbonyl (C=O) groups is 2. The second kappa shape index (κ2) is 8.19. The predicted octanol–water partition coefficient (Wildman–Crippen LogP) is 2.36. The number of aryl methyl sites for hydroxylation is 1. The first-order valence-electron chi connectivity index (χ1n) is 7.88. The number of primary amides is 1. The van der Waals surface area contributed by atoms with Gasteiger partial charge in [0.25, 0.3) is 11.8 Å². The molecule has 0 saturated carbocycles. The van der Waals surface area contributed by atoms with Crippen molar-refractivity contribution < 1.29 is 19.1 Å². The van der Waals surface area contributed by atoms with E-state index in [1.54, 1.807) is 25.3 Å². The highest BCUT2D eigenvalue weighted by Crippen LogP contribution is 2.24. The van der Waals surface area contributed by atoms with E-state index in [9.17, 15) is 9.59 Å². The van der Waals surface area contributed by atoms with Gasteiger partial charge in [-0.25, -0.2) is 0 Å². The summed E-state index contributed by atoms with van der Waals surface area (Å²) in [5.41, 5.74) is 7.35. The molecule has 0 aliphatic rings. The first-order chi connectivity index (χ1) is 11.9. The van der Waals surface area contributed by atoms with Gasteiger partial charge in [0, 0.05) is 5.56 Å². The van der Waals surface area contributed by atoms with Gasteiger partial charge in [-0.15, -0.1) is 0 Å². The van der Waals surface area contributed by atoms with Gasteiger partial charge in [0.15, 0.2) is 6.61 Å². The maximum Gasteiger partial charge on any atom is 0.258 e. The Bertz CT molecular complexity index is 774. The van der Waals surface area contributed by atoms with E-state index < -0.39 is 5.91 Å². The van der Waals surface area contributed by atoms with Crippen molar-refractivity contribution in [2.45, 2.75) is 19.9 Å². The minimum Gasteiger partial charge on any atom is -0.496 e. The summed E-state index contributed by atoms with van der Waals surface area (Å²) >= 11 is 0. The molecule has 2 aromatic carbocycles. The Labute approximate surface area is 146 Å². The first kappa shape index (κ1) is 18.3. The first-order valence-corrected chi connectivity index (χ1v) is 7.88. The molecule has 0 saturated heterocycles. The average molecular weight is 342 g/mol. The Balaban J connectivity index is 2.02. The predicted molar refractivity (Wildman–Crippen MR) is 94.7 cm³/mol. The zero-order valence-electron chi connectivity index (χ0n) is 14.5. The monoisotopic (exact) mass is 342 g/mol. The largest absolute Gasteiger partial charge is 0.496 e. The maximum atomic E-state index is 12.2. The van der Waals surface area contributed by atoms with Crippen LogP contribution in [0.1, 0.15) is 34.5 Å². The molecule has 25 heavy (non-hydrogen) atoms. The fourth-order valence-electron chi connectivity index (χ4n) is 2.48. The van der Waals surface area contributed by atoms with E-state index in [0.717, 1.165) is 11.1 Å². The number of benzene rings is 2. The van der Waals surface area contributed by atoms with Crippen LogP contribution in [0.4, 0.5) is 0 Å². The SMILES string of the molecule is COc1ccccc1C(C)NC(=O)COc1cc(C)ccc1C(N)=O. The van der Waals surface area contributed by atoms with E-state index in [1.165, 1.54) is 0 Å². The molecule has 0 heterocycles. The molecule has 2 rings (SSSR count). The van der Waals surface area contributed by atoms with Crippen molar-refractivity contribution in [3.63, 3.8) is 0 Å². The van der Waals surface area contributed by atoms with Gasteiger partial charge in [-0.3, -0.25) is 9.59 Å². The van der Waals surface area contributed by atoms with Crippen molar-refractivity contribution >= 4 is 11.8 Å². The number of nitrogens with two attached hydrogens (primary N) is 1. The number of carbonyl (C=O) groups excluding carboxylic acids is 2. The lowest BCUT2D eigenvalue weighted by atomic mass is 10.1. The molecule has 0 fully saturated rings. The molecule has 1 unspecified atom stereocenters. The molecule has 3 N–H and O–H groups in total. The van der Waals surface area contributed by atoms with Gasteiger partial charge in [-0.1, -0.05) is 24.3 Å². The van der Waals surface area contributed by atoms with E-state index in [0.29, 0.717) is 11.5 Å². The summed E-state index contributed by atoms with van der Waals surface area (Å²) in [7, 11) is 1.58. The van der Waals surface area contributed by atoms with Crippen LogP contribution in [-0.4, -0.2) is 25.5 Å². The van der Waals surface area contributed by atoms with Crippen molar-refractivity contribution in [2.75, 3.05) is 13.7 Å². The molecule has 0 bridgehead atoms. The number of para-hydroxylation sites is 1. The third-order valence-electron chi connectivity index (χ3n) is 3.74. The van der Waals surface area contributed by atoms with Crippen LogP contribution < -0.4 is 20.5 Å². The molecular weight excluding hydrogens is 320 g/mol. The zero-order valence-corrected chi connectivity index (χ0v) is 14.5. The molecule has 2 aromatic rings. The van der Waals surface area contributed by atoms with Gasteiger partial charge in [0.2, 0.25) is 0 Å². The molecule has 0 aliphatic carbocycles. The fourth-order valence-corrected chi connectivity index (χ4v) is 2.48. The number of ether oxygens (including phenoxy) is 2. The Hall–Kier alpha value is -3.02. The standard InChI is InChI=1S/C19H22N2O4/c1-12-8-9-15(19(20)23)17(10-12)25-11-18(22)21-13(2)14-6-4-5-7-16(14)24-3/h4-10,13H,11H2,1-3H3,(H2,20,23)(H,21,22). The van der Waals surface area contributed by atoms with Gasteiger partial charge in [0.1, 0.15) is 11.5 Å². The van der Waals surface area contributed by atoms with Crippen LogP contribution in [0, 0.1) is 6.92 Å². The highest BCUT2D eigenvalue weighted by Gasteiger charge is 2.15. The highest BCUT2D eigenvalue weighted by atomic mass is 16.5. The summed E-state index contributed by atoms with van der Waals surface area (Å²) < 4.78 is 10.8. The molecule has 0 radical (unpaired) electrons. The van der Waals surface area contributed by atoms with Crippen molar-refractivity contribution in [1.82, 2.24) is 5.32 Å². The molecular formula is C19H22N2O4. The summed E-state index contributed by atoms with van der Waals surface area (Å²) in [6, 6.07) is 12.2. The minimum atomic E-state index is -0.599. The summed E-state index contributed by atoms with van der Waals surface area (Å²) in [6.45, 7) is 3.50. The number of hydrogen-bond acceptors (Lipinski definition) is 4. The van der Waals surface area contributed by atoms with Gasteiger partial charge in [-0.2, -0.15) is 0 Å². The number of rotatable bonds is 7. The summed E-state index contributed by atoms with van der Waals surface area (Å²) in [5, 5.41) is 2.84. The molecule has 132 valence electrons. The van der Waals surface area contributed by atoms with Crippen LogP contribution in [0.2, 0.25) is 0 Å². The molecule has 6 heteroatoms. The summed E-state index contributed by atoms with van der Waals surface area (Å²) in [6.07, 6.45) is 0. The molecule has 6 nitrogen and oxygen atoms in total. The molecule has 2 amide bonds. The van der Waals surface area contributed by atoms with E-state index in [1.807, 2.05) is 38.1 Å². The van der Waals surface area contributed by atoms with Gasteiger partial charge < -0.3 is 20.5 Å². The summed E-state index contributed by atoms with van der Waals surface area (Å²) in [4.78, 5) is 23.6. The van der Waals surface area contributed by atoms with Crippen LogP contribution in [0.3, 0.4) is 0 Å². The molecule has 1 atom stereocenters. The molecule has 0 aromatic heterocycles. The number of amides is 2. The van der Waals surface area contributed by atoms with Gasteiger partial charge in [0.05, 0.1) is 18.7 Å². The second-order valence-corrected chi connectivity index (χ2v) is 5.68. The smallest absolute Gasteiger partial charge is 0.258 e. The van der Waals surface area contributed by atoms with E-state index in [-0.39, 0.29) is 24.1 Å². The molecule has 0 spiro atoms. The Kier molecular flexibility index (Phi) is 6.00. The van der Waals surface area contributed by atoms with Crippen LogP contribution in [0.5, 0.6) is 11.5 Å². The number of hydrogen-bond donors (Lipinski definition) is 2. The average Bonchev–Trinajstić information content (AvgIpc) is 2.59. The third kappa shape index (κ3) is 4.73. The Morgan fingerprint density at radius 2 is 1.88 bits per heavy atom. The molecule has 0 aliphatic heterocycles. The third-order valence-corrected chi connectivity index (χ3v) is 3.74. The maximum absolute atomic E-state index is 12.2. The van der Waals surface area contributed by atoms with E-state index >= 15 is 0 Å². The van der Waals surface area contributed by atoms with Crippen molar-refractivity contribution in [2.24, 2.45) is 5.73 Å². The van der Waals surface area contributed by atoms with Crippen molar-refractivity contribution in [3.05, 3.63) is 59.2 Å². The number of nitrogens with one attached hydrogen (secondary N) is 1. The zero-order chi connectivity index (χ0) is 18.4. The highest BCUT2D eigenvalue weighted by molar-refractivity contribution is 5.95. The van der Waals surface area contributed by atoms with Crippen molar-refractivity contribution in [1.29, 1.82) is 0 Å². The Morgan fingerprint density at radius 1 is 1.16 bits per heavy atom. The normalized spacial score (nSPS) is 11.5. The van der Waals surface area contributed by atoms with Gasteiger partial charge in [-0.05, 0) is 37.6 Å². The van der Waals surface area contributed by atoms with E-state index in [2.05, 4.69) is 5.32 Å². The fraction of sp³-hybridized carbons (Fsp3) is 0.263. The van der Waals surface area contributed by atoms with Crippen molar-refractivity contribution in [3.8, 4) is 11.5 Å². The van der Waals surface area contributed by atoms with Crippen LogP contribution in [0.15, 0.2) is 42.5 Å². The lowest BCUT2D eigenvalue weighted by Gasteiger charge is -2.17. The van der Waals surface area contributed by atoms with Gasteiger partial charge >= 0.3 is 0 Å². The Morgan fingerprint density at radius 3 is 2.56 bits per heavy atom. The lowest BCUT2D eigenvalue weighted by Crippen LogP contribution is -2.31. The second-order valence-electron chi connectivity index (χ2n) is 5.68. The van der Waals surface area contributed by atoms with Crippen LogP contribution in [0.25, 0.3) is 0 Å². The number of methoxy groups -OCH3 is 1. The lowest BCUT2D eigenvalue weighted by molar-refractivity contribution is -0.123. The minimum absolute atomic E-state index is 0.219. The summed E-state index contributed by atoms with van der Waals surface area (Å²) in [5.74, 6) is 0.0895. The van der Waals surface area contributed by atoms with E-state index in [4.69, 9.17) is 15.2 Å².